The zero-order valence-corrected chi connectivity index (χ0v) is 54.8. The normalized spacial score (nSPS) is 28.9. The lowest BCUT2D eigenvalue weighted by atomic mass is 9.88. The molecule has 12 rings (SSSR count). The second kappa shape index (κ2) is 29.4. The number of aromatic hydroxyl groups is 3. The number of rotatable bonds is 12. The summed E-state index contributed by atoms with van der Waals surface area (Å²) in [6.07, 6.45) is -18.3. The molecule has 21 N–H and O–H groups in total. The van der Waals surface area contributed by atoms with Gasteiger partial charge in [0.05, 0.1) is 34.7 Å². The highest BCUT2D eigenvalue weighted by Crippen LogP contribution is 2.50. The molecule has 0 spiro atoms. The molecule has 534 valence electrons. The van der Waals surface area contributed by atoms with Gasteiger partial charge in [-0.05, 0) is 103 Å². The minimum Gasteiger partial charge on any atom is -0.508 e. The number of hydrogen-bond acceptors (Lipinski definition) is 25. The van der Waals surface area contributed by atoms with Crippen molar-refractivity contribution in [3.8, 4) is 57.1 Å². The van der Waals surface area contributed by atoms with Crippen molar-refractivity contribution in [1.82, 2.24) is 31.9 Å². The van der Waals surface area contributed by atoms with Crippen LogP contribution in [0.3, 0.4) is 0 Å². The van der Waals surface area contributed by atoms with E-state index >= 15 is 19.2 Å². The fourth-order valence-corrected chi connectivity index (χ4v) is 12.6. The number of carbonyl (C=O) groups excluding carboxylic acids is 8. The number of phenols is 3. The minimum atomic E-state index is -2.36. The summed E-state index contributed by atoms with van der Waals surface area (Å²) in [6, 6.07) is -1.06. The fraction of sp³-hybridized carbons (Fsp3) is 0.400. The van der Waals surface area contributed by atoms with Crippen LogP contribution in [0.1, 0.15) is 105 Å². The largest absolute Gasteiger partial charge is 0.508 e. The molecule has 33 nitrogen and oxygen atoms in total. The van der Waals surface area contributed by atoms with Crippen LogP contribution in [0.4, 0.5) is 0 Å². The third-order valence-electron chi connectivity index (χ3n) is 17.2. The summed E-state index contributed by atoms with van der Waals surface area (Å²) in [4.78, 5) is 131. The highest BCUT2D eigenvalue weighted by Gasteiger charge is 2.49. The average Bonchev–Trinajstić information content (AvgIpc) is 0.769. The number of aliphatic carboxylic acids is 1. The number of primary amides is 1. The molecule has 7 aliphatic heterocycles. The van der Waals surface area contributed by atoms with Crippen LogP contribution in [-0.2, 0) is 57.4 Å². The zero-order valence-electron chi connectivity index (χ0n) is 53.3. The van der Waals surface area contributed by atoms with Crippen LogP contribution in [0.2, 0.25) is 10.0 Å². The number of Topliss-reactive ketones (excluding diaryl/α,β-unsaturated/α-hetero) is 1. The molecule has 7 aliphatic rings. The first-order valence-corrected chi connectivity index (χ1v) is 31.8. The Kier molecular flexibility index (Phi) is 21.5. The van der Waals surface area contributed by atoms with E-state index in [1.54, 1.807) is 13.8 Å². The van der Waals surface area contributed by atoms with E-state index in [0.29, 0.717) is 0 Å². The number of hydrogen-bond donors (Lipinski definition) is 18. The number of nitrogens with two attached hydrogens (primary N) is 3. The van der Waals surface area contributed by atoms with E-state index in [0.717, 1.165) is 66.7 Å². The Labute approximate surface area is 577 Å². The van der Waals surface area contributed by atoms with Gasteiger partial charge in [-0.2, -0.15) is 0 Å². The molecule has 0 radical (unpaired) electrons. The van der Waals surface area contributed by atoms with Gasteiger partial charge >= 0.3 is 5.97 Å². The van der Waals surface area contributed by atoms with Crippen LogP contribution in [0.15, 0.2) is 78.9 Å². The SMILES string of the molecule is CC(C)C[C@@H](N)C(=O)N[C@H]1C(=O)NC(CC(N)=O)C(=O)N[C@H]2C(=O)N[C@H]3C(=O)N[C@H](C(=O)N[C@@H](C(=O)O)c4cc(O)cc(O)c4-c4cc3ccc4O)[C@H](O[C@H]3C[C@](C)(N)C(=O)[C@H](C)O3)c3ccc(c(Cl)c3)Oc3cc2cc(c3O[C@@H]2O[C@H](CO)[C@@H](O)[C@H](O)[C@H]2O)Oc2ccc(cc2Cl)[C@H]1O. The first-order chi connectivity index (χ1) is 47.1. The van der Waals surface area contributed by atoms with Crippen molar-refractivity contribution < 1.29 is 118 Å². The lowest BCUT2D eigenvalue weighted by Crippen LogP contribution is -2.60. The predicted molar refractivity (Wildman–Crippen MR) is 343 cm³/mol. The van der Waals surface area contributed by atoms with Gasteiger partial charge in [-0.1, -0.05) is 55.2 Å². The number of carboxylic acids is 1. The standard InChI is InChI=1S/C65H71Cl2N9O24/c1-22(2)11-33(68)57(87)75-48-50(82)25-6-9-37(31(66)13-25)96-39-15-27-16-40(55(39)100-64-53(85)52(84)51(83)41(21-77)98-64)97-38-10-7-26(14-32(38)67)54(99-43-20-65(4,70)56(86)23(3)95-43)49-62(92)74-47(63(93)94)30-17-28(78)18-36(80)44(30)29-12-24(5-8-35(29)79)45(59(89)76-49)73-60(90)46(27)72-58(88)34(19-42(69)81)71-61(48)91/h5-10,12-18,22-23,33-34,41,43,45-54,64,77-80,82-85H,11,19-21,68,70H2,1-4H3,(H2,69,81)(H,71,91)(H,72,88)(H,73,90)(H,74,92)(H,75,87)(H,76,89)(H,93,94)/t23-,33+,34?,41+,43-,45+,46+,47+,48+,49-,50+,51+,52-,53+,54+,64-,65-/m0/s1. The van der Waals surface area contributed by atoms with Crippen molar-refractivity contribution in [2.75, 3.05) is 6.61 Å². The van der Waals surface area contributed by atoms with Crippen LogP contribution in [-0.4, -0.2) is 178 Å². The summed E-state index contributed by atoms with van der Waals surface area (Å²) in [5.74, 6) is -17.0. The van der Waals surface area contributed by atoms with Gasteiger partial charge in [-0.15, -0.1) is 0 Å². The average molecular weight is 1430 g/mol. The van der Waals surface area contributed by atoms with Gasteiger partial charge in [0.25, 0.3) is 0 Å². The fourth-order valence-electron chi connectivity index (χ4n) is 12.2. The van der Waals surface area contributed by atoms with E-state index < -0.39 is 243 Å². The Morgan fingerprint density at radius 3 is 1.93 bits per heavy atom. The molecule has 17 atom stereocenters. The number of halogens is 2. The Hall–Kier alpha value is -9.49. The topological polar surface area (TPSA) is 541 Å². The van der Waals surface area contributed by atoms with E-state index in [9.17, 15) is 69.9 Å². The van der Waals surface area contributed by atoms with Crippen LogP contribution >= 0.6 is 23.2 Å². The van der Waals surface area contributed by atoms with Crippen LogP contribution < -0.4 is 63.3 Å². The molecule has 5 aromatic rings. The maximum absolute atomic E-state index is 16.1. The Bertz CT molecular complexity index is 4110. The smallest absolute Gasteiger partial charge is 0.330 e. The highest BCUT2D eigenvalue weighted by molar-refractivity contribution is 6.32. The monoisotopic (exact) mass is 1430 g/mol. The number of aliphatic hydroxyl groups is 5. The molecule has 2 saturated heterocycles. The molecule has 2 fully saturated rings. The molecule has 11 bridgehead atoms. The third kappa shape index (κ3) is 15.3. The first-order valence-electron chi connectivity index (χ1n) is 31.0. The summed E-state index contributed by atoms with van der Waals surface area (Å²) in [7, 11) is 0. The van der Waals surface area contributed by atoms with Crippen LogP contribution in [0.5, 0.6) is 46.0 Å². The number of amides is 7. The number of fused-ring (bicyclic) bond motifs is 15. The molecule has 7 heterocycles. The second-order valence-electron chi connectivity index (χ2n) is 25.2. The van der Waals surface area contributed by atoms with Gasteiger partial charge in [-0.3, -0.25) is 38.4 Å². The van der Waals surface area contributed by atoms with Crippen molar-refractivity contribution in [3.05, 3.63) is 117 Å². The minimum absolute atomic E-state index is 0.0735. The number of nitrogens with one attached hydrogen (secondary N) is 6. The summed E-state index contributed by atoms with van der Waals surface area (Å²) >= 11 is 14.2. The lowest BCUT2D eigenvalue weighted by molar-refractivity contribution is -0.277. The van der Waals surface area contributed by atoms with Gasteiger partial charge in [0.2, 0.25) is 53.4 Å². The third-order valence-corrected chi connectivity index (χ3v) is 17.8. The molecule has 35 heteroatoms. The molecule has 7 amide bonds. The highest BCUT2D eigenvalue weighted by atomic mass is 35.5. The summed E-state index contributed by atoms with van der Waals surface area (Å²) in [5.41, 5.74) is 13.9. The number of ketones is 1. The van der Waals surface area contributed by atoms with Gasteiger partial charge in [-0.25, -0.2) is 4.79 Å². The maximum atomic E-state index is 16.1. The molecule has 100 heavy (non-hydrogen) atoms. The Morgan fingerprint density at radius 2 is 1.32 bits per heavy atom. The van der Waals surface area contributed by atoms with Gasteiger partial charge in [0.1, 0.15) is 102 Å². The second-order valence-corrected chi connectivity index (χ2v) is 26.1. The van der Waals surface area contributed by atoms with E-state index in [1.807, 2.05) is 0 Å². The van der Waals surface area contributed by atoms with E-state index in [1.165, 1.54) is 26.0 Å². The van der Waals surface area contributed by atoms with Gasteiger partial charge in [0, 0.05) is 29.2 Å². The van der Waals surface area contributed by atoms with Crippen molar-refractivity contribution in [2.45, 2.75) is 150 Å². The van der Waals surface area contributed by atoms with Crippen LogP contribution in [0.25, 0.3) is 11.1 Å². The summed E-state index contributed by atoms with van der Waals surface area (Å²) < 4.78 is 37.7. The number of aliphatic hydroxyl groups excluding tert-OH is 5. The molecule has 0 aliphatic carbocycles. The van der Waals surface area contributed by atoms with Gasteiger partial charge < -0.3 is 123 Å². The molecule has 0 aromatic heterocycles. The van der Waals surface area contributed by atoms with Crippen molar-refractivity contribution in [2.24, 2.45) is 23.1 Å². The van der Waals surface area contributed by atoms with Gasteiger partial charge in [0.15, 0.2) is 29.6 Å². The molecular weight excluding hydrogens is 1360 g/mol. The molecule has 1 unspecified atom stereocenters. The lowest BCUT2D eigenvalue weighted by Gasteiger charge is -2.40. The quantitative estimate of drug-likeness (QED) is 0.0785. The molecule has 0 saturated carbocycles. The Morgan fingerprint density at radius 1 is 0.710 bits per heavy atom. The first kappa shape index (κ1) is 73.2. The number of carboxylic acid groups (broad SMARTS) is 1. The number of carbonyl (C=O) groups is 9. The van der Waals surface area contributed by atoms with Crippen LogP contribution in [0, 0.1) is 5.92 Å². The van der Waals surface area contributed by atoms with Crippen molar-refractivity contribution in [3.63, 3.8) is 0 Å². The summed E-state index contributed by atoms with van der Waals surface area (Å²) in [5, 5.41) is 115. The molecular formula is C65H71Cl2N9O24. The molecule has 5 aromatic carbocycles. The number of benzene rings is 5. The zero-order chi connectivity index (χ0) is 72.8. The van der Waals surface area contributed by atoms with E-state index in [2.05, 4.69) is 31.9 Å². The van der Waals surface area contributed by atoms with Crippen molar-refractivity contribution in [1.29, 1.82) is 0 Å². The number of phenolic OH excluding ortho intramolecular Hbond substituents is 3. The van der Waals surface area contributed by atoms with Crippen molar-refractivity contribution >= 4 is 76.3 Å². The predicted octanol–water partition coefficient (Wildman–Crippen LogP) is 0.0537. The van der Waals surface area contributed by atoms with E-state index in [-0.39, 0.29) is 39.8 Å². The van der Waals surface area contributed by atoms with E-state index in [4.69, 9.17) is 68.8 Å². The number of ether oxygens (including phenoxy) is 6. The summed E-state index contributed by atoms with van der Waals surface area (Å²) in [6.45, 7) is 5.27. The Balaban J connectivity index is 1.26. The maximum Gasteiger partial charge on any atom is 0.330 e.